The standard InChI is InChI=1S/C33H41ClN6O3/c34-28-13-11-25(12-14-28)21-29(38-30(41)15-18-36-31(42)26-7-3-1-4-8-26)32(43)39-19-16-33(17-20-39,22-40-24-35-23-37-40)27-9-5-2-6-10-27/h1,3-4,7-8,11-14,23-24,27,29H,2,5-6,9-10,15-22H2,(H,36,42)(H,38,41)/t29-/m1/s1. The highest BCUT2D eigenvalue weighted by atomic mass is 35.5. The van der Waals surface area contributed by atoms with Crippen molar-refractivity contribution in [1.29, 1.82) is 0 Å². The molecule has 2 heterocycles. The van der Waals surface area contributed by atoms with E-state index in [0.29, 0.717) is 36.0 Å². The minimum absolute atomic E-state index is 0.0744. The predicted molar refractivity (Wildman–Crippen MR) is 165 cm³/mol. The largest absolute Gasteiger partial charge is 0.352 e. The molecule has 3 amide bonds. The highest BCUT2D eigenvalue weighted by Crippen LogP contribution is 2.47. The fourth-order valence-electron chi connectivity index (χ4n) is 6.74. The van der Waals surface area contributed by atoms with Gasteiger partial charge >= 0.3 is 0 Å². The summed E-state index contributed by atoms with van der Waals surface area (Å²) < 4.78 is 1.95. The lowest BCUT2D eigenvalue weighted by Gasteiger charge is -2.48. The first-order valence-electron chi connectivity index (χ1n) is 15.4. The van der Waals surface area contributed by atoms with Crippen LogP contribution in [0, 0.1) is 11.3 Å². The van der Waals surface area contributed by atoms with E-state index in [1.54, 1.807) is 49.1 Å². The molecule has 1 saturated heterocycles. The fraction of sp³-hybridized carbons (Fsp3) is 0.485. The highest BCUT2D eigenvalue weighted by Gasteiger charge is 2.43. The van der Waals surface area contributed by atoms with Gasteiger partial charge in [0, 0.05) is 49.6 Å². The van der Waals surface area contributed by atoms with Gasteiger partial charge in [-0.15, -0.1) is 0 Å². The molecule has 2 aliphatic rings. The van der Waals surface area contributed by atoms with Crippen LogP contribution in [0.4, 0.5) is 0 Å². The van der Waals surface area contributed by atoms with Gasteiger partial charge < -0.3 is 15.5 Å². The second kappa shape index (κ2) is 14.6. The Morgan fingerprint density at radius 3 is 2.37 bits per heavy atom. The fourth-order valence-corrected chi connectivity index (χ4v) is 6.87. The lowest BCUT2D eigenvalue weighted by molar-refractivity contribution is -0.139. The van der Waals surface area contributed by atoms with Crippen LogP contribution in [-0.2, 0) is 22.6 Å². The van der Waals surface area contributed by atoms with Crippen molar-refractivity contribution in [3.05, 3.63) is 83.4 Å². The van der Waals surface area contributed by atoms with Crippen molar-refractivity contribution < 1.29 is 14.4 Å². The van der Waals surface area contributed by atoms with Gasteiger partial charge in [-0.1, -0.05) is 61.2 Å². The Kier molecular flexibility index (Phi) is 10.5. The van der Waals surface area contributed by atoms with E-state index in [-0.39, 0.29) is 36.1 Å². The predicted octanol–water partition coefficient (Wildman–Crippen LogP) is 4.67. The minimum Gasteiger partial charge on any atom is -0.352 e. The zero-order valence-electron chi connectivity index (χ0n) is 24.6. The Labute approximate surface area is 258 Å². The van der Waals surface area contributed by atoms with Gasteiger partial charge in [0.2, 0.25) is 11.8 Å². The topological polar surface area (TPSA) is 109 Å². The lowest BCUT2D eigenvalue weighted by atomic mass is 9.63. The Bertz CT molecular complexity index is 1330. The maximum atomic E-state index is 14.0. The van der Waals surface area contributed by atoms with Gasteiger partial charge in [-0.2, -0.15) is 5.10 Å². The molecule has 228 valence electrons. The average molecular weight is 605 g/mol. The summed E-state index contributed by atoms with van der Waals surface area (Å²) in [6.45, 7) is 2.28. The second-order valence-electron chi connectivity index (χ2n) is 11.9. The molecule has 0 spiro atoms. The van der Waals surface area contributed by atoms with E-state index in [4.69, 9.17) is 11.6 Å². The van der Waals surface area contributed by atoms with Gasteiger partial charge in [-0.3, -0.25) is 19.1 Å². The first-order valence-corrected chi connectivity index (χ1v) is 15.8. The smallest absolute Gasteiger partial charge is 0.251 e. The molecule has 1 aliphatic heterocycles. The Morgan fingerprint density at radius 1 is 0.977 bits per heavy atom. The summed E-state index contributed by atoms with van der Waals surface area (Å²) in [6.07, 6.45) is 11.9. The number of carbonyl (C=O) groups excluding carboxylic acids is 3. The number of benzene rings is 2. The highest BCUT2D eigenvalue weighted by molar-refractivity contribution is 6.30. The van der Waals surface area contributed by atoms with E-state index in [0.717, 1.165) is 24.9 Å². The summed E-state index contributed by atoms with van der Waals surface area (Å²) in [6, 6.07) is 15.5. The number of halogens is 1. The van der Waals surface area contributed by atoms with E-state index in [1.807, 2.05) is 27.8 Å². The maximum Gasteiger partial charge on any atom is 0.251 e. The van der Waals surface area contributed by atoms with Gasteiger partial charge in [-0.25, -0.2) is 4.98 Å². The number of nitrogens with zero attached hydrogens (tertiary/aromatic N) is 4. The minimum atomic E-state index is -0.712. The second-order valence-corrected chi connectivity index (χ2v) is 12.4. The quantitative estimate of drug-likeness (QED) is 0.331. The Balaban J connectivity index is 1.23. The normalized spacial score (nSPS) is 17.7. The van der Waals surface area contributed by atoms with Crippen LogP contribution in [0.15, 0.2) is 67.3 Å². The van der Waals surface area contributed by atoms with Crippen LogP contribution in [0.3, 0.4) is 0 Å². The molecule has 1 aliphatic carbocycles. The molecule has 43 heavy (non-hydrogen) atoms. The SMILES string of the molecule is O=C(CCNC(=O)c1ccccc1)N[C@H](Cc1ccc(Cl)cc1)C(=O)N1CCC(Cn2cncn2)(C2CCCCC2)CC1. The molecule has 0 unspecified atom stereocenters. The first-order chi connectivity index (χ1) is 20.9. The van der Waals surface area contributed by atoms with Crippen molar-refractivity contribution in [1.82, 2.24) is 30.3 Å². The summed E-state index contributed by atoms with van der Waals surface area (Å²) >= 11 is 6.10. The summed E-state index contributed by atoms with van der Waals surface area (Å²) in [7, 11) is 0. The third kappa shape index (κ3) is 8.22. The van der Waals surface area contributed by atoms with Crippen LogP contribution in [0.25, 0.3) is 0 Å². The maximum absolute atomic E-state index is 14.0. The molecule has 1 aromatic heterocycles. The van der Waals surface area contributed by atoms with Crippen LogP contribution in [0.2, 0.25) is 5.02 Å². The van der Waals surface area contributed by atoms with Crippen molar-refractivity contribution in [3.8, 4) is 0 Å². The van der Waals surface area contributed by atoms with Crippen LogP contribution in [0.5, 0.6) is 0 Å². The van der Waals surface area contributed by atoms with Gasteiger partial charge in [0.1, 0.15) is 18.7 Å². The molecule has 3 aromatic rings. The molecule has 2 N–H and O–H groups in total. The number of piperidine rings is 1. The molecular weight excluding hydrogens is 564 g/mol. The molecule has 5 rings (SSSR count). The molecule has 0 bridgehead atoms. The summed E-state index contributed by atoms with van der Waals surface area (Å²) in [5.74, 6) is 0.0243. The number of aromatic nitrogens is 3. The van der Waals surface area contributed by atoms with Gasteiger partial charge in [0.05, 0.1) is 0 Å². The van der Waals surface area contributed by atoms with Crippen molar-refractivity contribution in [2.24, 2.45) is 11.3 Å². The number of rotatable bonds is 11. The zero-order valence-corrected chi connectivity index (χ0v) is 25.3. The lowest BCUT2D eigenvalue weighted by Crippen LogP contribution is -2.54. The Morgan fingerprint density at radius 2 is 1.70 bits per heavy atom. The van der Waals surface area contributed by atoms with E-state index >= 15 is 0 Å². The number of hydrogen-bond donors (Lipinski definition) is 2. The van der Waals surface area contributed by atoms with Crippen LogP contribution < -0.4 is 10.6 Å². The van der Waals surface area contributed by atoms with Gasteiger partial charge in [-0.05, 0) is 66.8 Å². The van der Waals surface area contributed by atoms with Crippen molar-refractivity contribution >= 4 is 29.3 Å². The van der Waals surface area contributed by atoms with Crippen LogP contribution in [0.1, 0.15) is 67.3 Å². The van der Waals surface area contributed by atoms with E-state index < -0.39 is 6.04 Å². The summed E-state index contributed by atoms with van der Waals surface area (Å²) in [5.41, 5.74) is 1.54. The number of likely N-dealkylation sites (tertiary alicyclic amines) is 1. The van der Waals surface area contributed by atoms with E-state index in [1.165, 1.54) is 32.1 Å². The molecule has 1 saturated carbocycles. The van der Waals surface area contributed by atoms with Gasteiger partial charge in [0.25, 0.3) is 5.91 Å². The summed E-state index contributed by atoms with van der Waals surface area (Å²) in [4.78, 5) is 45.4. The summed E-state index contributed by atoms with van der Waals surface area (Å²) in [5, 5.41) is 10.8. The van der Waals surface area contributed by atoms with E-state index in [9.17, 15) is 14.4 Å². The van der Waals surface area contributed by atoms with Gasteiger partial charge in [0.15, 0.2) is 0 Å². The zero-order chi connectivity index (χ0) is 30.1. The third-order valence-electron chi connectivity index (χ3n) is 9.15. The number of carbonyl (C=O) groups is 3. The van der Waals surface area contributed by atoms with Crippen molar-refractivity contribution in [3.63, 3.8) is 0 Å². The van der Waals surface area contributed by atoms with Crippen molar-refractivity contribution in [2.75, 3.05) is 19.6 Å². The molecule has 1 atom stereocenters. The number of amides is 3. The molecule has 9 nitrogen and oxygen atoms in total. The van der Waals surface area contributed by atoms with Crippen molar-refractivity contribution in [2.45, 2.75) is 70.4 Å². The van der Waals surface area contributed by atoms with Crippen LogP contribution >= 0.6 is 11.6 Å². The monoisotopic (exact) mass is 604 g/mol. The number of nitrogens with one attached hydrogen (secondary N) is 2. The molecule has 2 fully saturated rings. The number of hydrogen-bond acceptors (Lipinski definition) is 5. The molecule has 2 aromatic carbocycles. The Hall–Kier alpha value is -3.72. The molecule has 0 radical (unpaired) electrons. The first kappa shape index (κ1) is 30.7. The van der Waals surface area contributed by atoms with Crippen LogP contribution in [-0.4, -0.2) is 63.1 Å². The average Bonchev–Trinajstić information content (AvgIpc) is 3.55. The third-order valence-corrected chi connectivity index (χ3v) is 9.40. The molecule has 10 heteroatoms. The molecular formula is C33H41ClN6O3. The van der Waals surface area contributed by atoms with E-state index in [2.05, 4.69) is 20.7 Å².